The normalized spacial score (nSPS) is 15.3. The molecule has 1 heterocycles. The largest absolute Gasteiger partial charge is 0.404 e. The second kappa shape index (κ2) is 7.83. The predicted molar refractivity (Wildman–Crippen MR) is 111 cm³/mol. The van der Waals surface area contributed by atoms with Gasteiger partial charge in [0.1, 0.15) is 0 Å². The minimum atomic E-state index is 0.758. The fourth-order valence-corrected chi connectivity index (χ4v) is 3.18. The van der Waals surface area contributed by atoms with Gasteiger partial charge in [-0.1, -0.05) is 6.58 Å². The lowest BCUT2D eigenvalue weighted by Gasteiger charge is -2.19. The molecule has 5 nitrogen and oxygen atoms in total. The van der Waals surface area contributed by atoms with Crippen molar-refractivity contribution in [1.82, 2.24) is 0 Å². The average Bonchev–Trinajstić information content (AvgIpc) is 2.95. The highest BCUT2D eigenvalue weighted by molar-refractivity contribution is 6.26. The highest BCUT2D eigenvalue weighted by Crippen LogP contribution is 2.35. The first kappa shape index (κ1) is 18.5. The van der Waals surface area contributed by atoms with E-state index in [9.17, 15) is 0 Å². The topological polar surface area (TPSA) is 74.8 Å². The van der Waals surface area contributed by atoms with E-state index in [1.807, 2.05) is 14.0 Å². The van der Waals surface area contributed by atoms with Gasteiger partial charge in [-0.3, -0.25) is 9.98 Å². The number of anilines is 2. The number of aliphatic imine (C=N–C) groups is 2. The molecule has 1 aromatic carbocycles. The van der Waals surface area contributed by atoms with Crippen LogP contribution >= 0.6 is 0 Å². The maximum atomic E-state index is 5.76. The van der Waals surface area contributed by atoms with Crippen molar-refractivity contribution in [1.29, 1.82) is 0 Å². The Bertz CT molecular complexity index is 810. The number of hydrogen-bond donors (Lipinski definition) is 3. The molecule has 1 aliphatic heterocycles. The van der Waals surface area contributed by atoms with Crippen LogP contribution in [0.15, 0.2) is 52.2 Å². The molecule has 0 spiro atoms. The van der Waals surface area contributed by atoms with Crippen molar-refractivity contribution >= 4 is 28.4 Å². The summed E-state index contributed by atoms with van der Waals surface area (Å²) in [6.45, 7) is 10.7. The molecule has 0 saturated heterocycles. The predicted octanol–water partition coefficient (Wildman–Crippen LogP) is 3.81. The van der Waals surface area contributed by atoms with Crippen molar-refractivity contribution in [3.05, 3.63) is 53.4 Å². The summed E-state index contributed by atoms with van der Waals surface area (Å²) in [6.07, 6.45) is 3.25. The summed E-state index contributed by atoms with van der Waals surface area (Å²) in [5.41, 5.74) is 15.0. The van der Waals surface area contributed by atoms with Crippen molar-refractivity contribution in [2.24, 2.45) is 15.7 Å². The van der Waals surface area contributed by atoms with Crippen molar-refractivity contribution in [3.63, 3.8) is 0 Å². The SMILES string of the molecule is C=CNc1c(NC)cc(C2=C(C)CN=C2C)cc1C(=NC)C(C)=CN. The molecule has 5 heteroatoms. The van der Waals surface area contributed by atoms with Gasteiger partial charge in [-0.05, 0) is 62.0 Å². The van der Waals surface area contributed by atoms with E-state index >= 15 is 0 Å². The third-order valence-electron chi connectivity index (χ3n) is 4.39. The molecule has 1 aromatic rings. The highest BCUT2D eigenvalue weighted by atomic mass is 14.9. The molecule has 0 unspecified atom stereocenters. The van der Waals surface area contributed by atoms with Crippen LogP contribution in [-0.4, -0.2) is 32.1 Å². The number of benzene rings is 1. The number of hydrogen-bond acceptors (Lipinski definition) is 5. The first-order valence-electron chi connectivity index (χ1n) is 8.29. The molecule has 2 rings (SSSR count). The van der Waals surface area contributed by atoms with Crippen LogP contribution < -0.4 is 16.4 Å². The molecule has 1 aliphatic rings. The van der Waals surface area contributed by atoms with Crippen LogP contribution in [0.3, 0.4) is 0 Å². The molecule has 0 radical (unpaired) electrons. The zero-order chi connectivity index (χ0) is 18.6. The van der Waals surface area contributed by atoms with E-state index in [2.05, 4.69) is 53.2 Å². The summed E-state index contributed by atoms with van der Waals surface area (Å²) < 4.78 is 0. The van der Waals surface area contributed by atoms with E-state index in [-0.39, 0.29) is 0 Å². The van der Waals surface area contributed by atoms with Crippen molar-refractivity contribution in [2.75, 3.05) is 31.3 Å². The standard InChI is InChI=1S/C20H27N5/c1-7-24-20-16(19(23-6)12(2)10-21)8-15(9-17(20)22-5)18-13(3)11-25-14(18)4/h7-10,22,24H,1,11,21H2,2-6H3. The molecule has 0 aliphatic carbocycles. The molecular formula is C20H27N5. The first-order valence-corrected chi connectivity index (χ1v) is 8.29. The minimum Gasteiger partial charge on any atom is -0.404 e. The third-order valence-corrected chi connectivity index (χ3v) is 4.39. The number of nitrogens with zero attached hydrogens (tertiary/aromatic N) is 2. The second-order valence-electron chi connectivity index (χ2n) is 6.02. The zero-order valence-corrected chi connectivity index (χ0v) is 15.7. The van der Waals surface area contributed by atoms with E-state index in [0.717, 1.165) is 46.0 Å². The Morgan fingerprint density at radius 1 is 1.36 bits per heavy atom. The van der Waals surface area contributed by atoms with E-state index in [0.29, 0.717) is 0 Å². The average molecular weight is 337 g/mol. The van der Waals surface area contributed by atoms with E-state index in [1.54, 1.807) is 19.4 Å². The molecule has 0 amide bonds. The van der Waals surface area contributed by atoms with Gasteiger partial charge in [0, 0.05) is 30.9 Å². The summed E-state index contributed by atoms with van der Waals surface area (Å²) in [4.78, 5) is 9.04. The molecular weight excluding hydrogens is 310 g/mol. The minimum absolute atomic E-state index is 0.758. The summed E-state index contributed by atoms with van der Waals surface area (Å²) in [7, 11) is 3.68. The maximum Gasteiger partial charge on any atom is 0.0711 e. The number of allylic oxidation sites excluding steroid dienone is 2. The lowest BCUT2D eigenvalue weighted by Crippen LogP contribution is -2.11. The van der Waals surface area contributed by atoms with E-state index < -0.39 is 0 Å². The first-order chi connectivity index (χ1) is 12.0. The van der Waals surface area contributed by atoms with Crippen LogP contribution in [0, 0.1) is 0 Å². The van der Waals surface area contributed by atoms with Crippen LogP contribution in [-0.2, 0) is 0 Å². The maximum absolute atomic E-state index is 5.76. The number of nitrogens with one attached hydrogen (secondary N) is 2. The Labute approximate surface area is 150 Å². The van der Waals surface area contributed by atoms with Crippen molar-refractivity contribution < 1.29 is 0 Å². The Hall–Kier alpha value is -2.82. The van der Waals surface area contributed by atoms with Gasteiger partial charge in [0.05, 0.1) is 23.6 Å². The molecule has 0 saturated carbocycles. The second-order valence-corrected chi connectivity index (χ2v) is 6.02. The van der Waals surface area contributed by atoms with Crippen LogP contribution in [0.1, 0.15) is 31.9 Å². The molecule has 0 aromatic heterocycles. The van der Waals surface area contributed by atoms with Crippen molar-refractivity contribution in [2.45, 2.75) is 20.8 Å². The Morgan fingerprint density at radius 3 is 2.56 bits per heavy atom. The summed E-state index contributed by atoms with van der Waals surface area (Å²) in [6, 6.07) is 4.28. The summed E-state index contributed by atoms with van der Waals surface area (Å²) >= 11 is 0. The molecule has 0 bridgehead atoms. The quantitative estimate of drug-likeness (QED) is 0.691. The van der Waals surface area contributed by atoms with Gasteiger partial charge < -0.3 is 16.4 Å². The Kier molecular flexibility index (Phi) is 5.80. The van der Waals surface area contributed by atoms with Gasteiger partial charge in [0.15, 0.2) is 0 Å². The van der Waals surface area contributed by atoms with Crippen LogP contribution in [0.4, 0.5) is 11.4 Å². The monoisotopic (exact) mass is 337 g/mol. The van der Waals surface area contributed by atoms with Gasteiger partial charge in [-0.25, -0.2) is 0 Å². The van der Waals surface area contributed by atoms with E-state index in [4.69, 9.17) is 5.73 Å². The summed E-state index contributed by atoms with van der Waals surface area (Å²) in [5, 5.41) is 6.51. The highest BCUT2D eigenvalue weighted by Gasteiger charge is 2.20. The van der Waals surface area contributed by atoms with E-state index in [1.165, 1.54) is 11.1 Å². The smallest absolute Gasteiger partial charge is 0.0711 e. The van der Waals surface area contributed by atoms with Crippen LogP contribution in [0.5, 0.6) is 0 Å². The lowest BCUT2D eigenvalue weighted by atomic mass is 9.92. The van der Waals surface area contributed by atoms with Gasteiger partial charge in [0.25, 0.3) is 0 Å². The Balaban J connectivity index is 2.79. The Morgan fingerprint density at radius 2 is 2.08 bits per heavy atom. The number of rotatable bonds is 6. The van der Waals surface area contributed by atoms with Crippen LogP contribution in [0.2, 0.25) is 0 Å². The van der Waals surface area contributed by atoms with Gasteiger partial charge in [-0.15, -0.1) is 0 Å². The lowest BCUT2D eigenvalue weighted by molar-refractivity contribution is 1.18. The van der Waals surface area contributed by atoms with Gasteiger partial charge in [-0.2, -0.15) is 0 Å². The molecule has 4 N–H and O–H groups in total. The molecule has 0 fully saturated rings. The van der Waals surface area contributed by atoms with Gasteiger partial charge >= 0.3 is 0 Å². The zero-order valence-electron chi connectivity index (χ0n) is 15.7. The fraction of sp³-hybridized carbons (Fsp3) is 0.300. The molecule has 0 atom stereocenters. The fourth-order valence-electron chi connectivity index (χ4n) is 3.18. The van der Waals surface area contributed by atoms with Crippen molar-refractivity contribution in [3.8, 4) is 0 Å². The van der Waals surface area contributed by atoms with Crippen LogP contribution in [0.25, 0.3) is 5.57 Å². The summed E-state index contributed by atoms with van der Waals surface area (Å²) in [5.74, 6) is 0. The molecule has 25 heavy (non-hydrogen) atoms. The number of nitrogens with two attached hydrogens (primary N) is 1. The van der Waals surface area contributed by atoms with Gasteiger partial charge in [0.2, 0.25) is 0 Å². The molecule has 132 valence electrons. The third kappa shape index (κ3) is 3.50.